The molecule has 0 saturated carbocycles. The number of aryl methyl sites for hydroxylation is 3. The molecule has 108 valence electrons. The van der Waals surface area contributed by atoms with Gasteiger partial charge in [0.05, 0.1) is 6.04 Å². The van der Waals surface area contributed by atoms with Crippen molar-refractivity contribution in [3.63, 3.8) is 0 Å². The quantitative estimate of drug-likeness (QED) is 0.843. The predicted octanol–water partition coefficient (Wildman–Crippen LogP) is 4.95. The minimum absolute atomic E-state index is 0.157. The number of rotatable bonds is 5. The lowest BCUT2D eigenvalue weighted by Gasteiger charge is -2.21. The second kappa shape index (κ2) is 6.47. The van der Waals surface area contributed by atoms with Gasteiger partial charge in [-0.05, 0) is 63.1 Å². The number of benzene rings is 1. The molecule has 0 spiro atoms. The fourth-order valence-corrected chi connectivity index (χ4v) is 2.80. The summed E-state index contributed by atoms with van der Waals surface area (Å²) in [6.45, 7) is 9.25. The van der Waals surface area contributed by atoms with Crippen molar-refractivity contribution in [3.8, 4) is 0 Å². The molecule has 1 atom stereocenters. The first-order valence-corrected chi connectivity index (χ1v) is 7.47. The van der Waals surface area contributed by atoms with E-state index in [1.165, 1.54) is 16.7 Å². The lowest BCUT2D eigenvalue weighted by molar-refractivity contribution is 0.493. The number of furan rings is 1. The average molecular weight is 292 g/mol. The molecule has 1 unspecified atom stereocenters. The van der Waals surface area contributed by atoms with Gasteiger partial charge < -0.3 is 9.73 Å². The number of hydrogen-bond acceptors (Lipinski definition) is 2. The number of halogens is 1. The van der Waals surface area contributed by atoms with Gasteiger partial charge >= 0.3 is 0 Å². The third-order valence-electron chi connectivity index (χ3n) is 3.53. The van der Waals surface area contributed by atoms with E-state index in [1.54, 1.807) is 0 Å². The molecular weight excluding hydrogens is 270 g/mol. The van der Waals surface area contributed by atoms with Gasteiger partial charge in [-0.1, -0.05) is 24.6 Å². The van der Waals surface area contributed by atoms with Crippen LogP contribution in [0.3, 0.4) is 0 Å². The second-order valence-corrected chi connectivity index (χ2v) is 5.69. The summed E-state index contributed by atoms with van der Waals surface area (Å²) in [5.41, 5.74) is 3.66. The van der Waals surface area contributed by atoms with Crippen LogP contribution in [0.2, 0.25) is 5.02 Å². The van der Waals surface area contributed by atoms with Crippen LogP contribution in [0, 0.1) is 20.8 Å². The highest BCUT2D eigenvalue weighted by Gasteiger charge is 2.20. The predicted molar refractivity (Wildman–Crippen MR) is 84.5 cm³/mol. The van der Waals surface area contributed by atoms with E-state index in [2.05, 4.69) is 31.3 Å². The van der Waals surface area contributed by atoms with Crippen molar-refractivity contribution >= 4 is 11.6 Å². The summed E-state index contributed by atoms with van der Waals surface area (Å²) < 4.78 is 5.69. The zero-order valence-corrected chi connectivity index (χ0v) is 13.3. The van der Waals surface area contributed by atoms with Crippen molar-refractivity contribution in [2.75, 3.05) is 6.54 Å². The molecule has 0 aliphatic rings. The van der Waals surface area contributed by atoms with Crippen LogP contribution in [-0.4, -0.2) is 6.54 Å². The Hall–Kier alpha value is -1.25. The molecular formula is C17H22ClNO. The van der Waals surface area contributed by atoms with Crippen LogP contribution in [0.4, 0.5) is 0 Å². The number of hydrogen-bond donors (Lipinski definition) is 1. The maximum Gasteiger partial charge on any atom is 0.106 e. The van der Waals surface area contributed by atoms with Crippen molar-refractivity contribution in [2.24, 2.45) is 0 Å². The molecule has 1 N–H and O–H groups in total. The zero-order valence-electron chi connectivity index (χ0n) is 12.6. The van der Waals surface area contributed by atoms with Crippen LogP contribution in [0.1, 0.15) is 47.6 Å². The highest BCUT2D eigenvalue weighted by Crippen LogP contribution is 2.30. The van der Waals surface area contributed by atoms with E-state index >= 15 is 0 Å². The van der Waals surface area contributed by atoms with E-state index in [0.717, 1.165) is 29.5 Å². The molecule has 0 radical (unpaired) electrons. The topological polar surface area (TPSA) is 25.2 Å². The van der Waals surface area contributed by atoms with Crippen LogP contribution in [0.5, 0.6) is 0 Å². The van der Waals surface area contributed by atoms with E-state index < -0.39 is 0 Å². The highest BCUT2D eigenvalue weighted by atomic mass is 35.5. The van der Waals surface area contributed by atoms with Crippen LogP contribution >= 0.6 is 11.6 Å². The molecule has 2 nitrogen and oxygen atoms in total. The normalized spacial score (nSPS) is 12.7. The summed E-state index contributed by atoms with van der Waals surface area (Å²) in [5.74, 6) is 1.93. The molecule has 20 heavy (non-hydrogen) atoms. The summed E-state index contributed by atoms with van der Waals surface area (Å²) in [6.07, 6.45) is 1.10. The van der Waals surface area contributed by atoms with Crippen LogP contribution < -0.4 is 5.32 Å². The molecule has 1 heterocycles. The van der Waals surface area contributed by atoms with Gasteiger partial charge in [0.25, 0.3) is 0 Å². The lowest BCUT2D eigenvalue weighted by Crippen LogP contribution is -2.24. The third kappa shape index (κ3) is 3.25. The fourth-order valence-electron chi connectivity index (χ4n) is 2.58. The smallest absolute Gasteiger partial charge is 0.106 e. The van der Waals surface area contributed by atoms with E-state index in [1.807, 2.05) is 26.0 Å². The monoisotopic (exact) mass is 291 g/mol. The van der Waals surface area contributed by atoms with E-state index in [4.69, 9.17) is 16.0 Å². The van der Waals surface area contributed by atoms with Crippen molar-refractivity contribution in [2.45, 2.75) is 40.2 Å². The van der Waals surface area contributed by atoms with Gasteiger partial charge in [-0.2, -0.15) is 0 Å². The maximum atomic E-state index is 6.07. The zero-order chi connectivity index (χ0) is 14.7. The molecule has 3 heteroatoms. The molecule has 0 fully saturated rings. The molecule has 0 aliphatic carbocycles. The molecule has 2 aromatic rings. The Morgan fingerprint density at radius 2 is 1.90 bits per heavy atom. The Balaban J connectivity index is 2.44. The molecule has 0 aliphatic heterocycles. The summed E-state index contributed by atoms with van der Waals surface area (Å²) in [5, 5.41) is 4.39. The number of nitrogens with one attached hydrogen (secondary N) is 1. The van der Waals surface area contributed by atoms with Gasteiger partial charge in [0.15, 0.2) is 0 Å². The van der Waals surface area contributed by atoms with Gasteiger partial charge in [-0.15, -0.1) is 0 Å². The molecule has 0 saturated heterocycles. The highest BCUT2D eigenvalue weighted by molar-refractivity contribution is 6.30. The van der Waals surface area contributed by atoms with Gasteiger partial charge in [-0.25, -0.2) is 0 Å². The first-order chi connectivity index (χ1) is 9.52. The first kappa shape index (κ1) is 15.1. The minimum atomic E-state index is 0.157. The van der Waals surface area contributed by atoms with E-state index in [9.17, 15) is 0 Å². The fraction of sp³-hybridized carbons (Fsp3) is 0.412. The van der Waals surface area contributed by atoms with Crippen molar-refractivity contribution < 1.29 is 4.42 Å². The Morgan fingerprint density at radius 3 is 2.45 bits per heavy atom. The Kier molecular flexibility index (Phi) is 4.90. The van der Waals surface area contributed by atoms with E-state index in [-0.39, 0.29) is 6.04 Å². The SMILES string of the molecule is CCCNC(c1ccc(Cl)cc1C)c1cc(C)oc1C. The molecule has 2 rings (SSSR count). The Labute approximate surface area is 126 Å². The molecule has 1 aromatic carbocycles. The molecule has 1 aromatic heterocycles. The summed E-state index contributed by atoms with van der Waals surface area (Å²) >= 11 is 6.07. The van der Waals surface area contributed by atoms with Gasteiger partial charge in [-0.3, -0.25) is 0 Å². The van der Waals surface area contributed by atoms with E-state index in [0.29, 0.717) is 0 Å². The summed E-state index contributed by atoms with van der Waals surface area (Å²) in [4.78, 5) is 0. The van der Waals surface area contributed by atoms with Gasteiger partial charge in [0.2, 0.25) is 0 Å². The largest absolute Gasteiger partial charge is 0.466 e. The van der Waals surface area contributed by atoms with Crippen molar-refractivity contribution in [1.29, 1.82) is 0 Å². The van der Waals surface area contributed by atoms with Crippen molar-refractivity contribution in [3.05, 3.63) is 57.5 Å². The third-order valence-corrected chi connectivity index (χ3v) is 3.77. The summed E-state index contributed by atoms with van der Waals surface area (Å²) in [7, 11) is 0. The second-order valence-electron chi connectivity index (χ2n) is 5.26. The Morgan fingerprint density at radius 1 is 1.15 bits per heavy atom. The average Bonchev–Trinajstić information content (AvgIpc) is 2.71. The van der Waals surface area contributed by atoms with Crippen LogP contribution in [0.25, 0.3) is 0 Å². The van der Waals surface area contributed by atoms with Crippen LogP contribution in [0.15, 0.2) is 28.7 Å². The van der Waals surface area contributed by atoms with Crippen LogP contribution in [-0.2, 0) is 0 Å². The van der Waals surface area contributed by atoms with Crippen molar-refractivity contribution in [1.82, 2.24) is 5.32 Å². The lowest BCUT2D eigenvalue weighted by atomic mass is 9.95. The van der Waals surface area contributed by atoms with Gasteiger partial charge in [0, 0.05) is 10.6 Å². The van der Waals surface area contributed by atoms with Gasteiger partial charge in [0.1, 0.15) is 11.5 Å². The Bertz CT molecular complexity index is 589. The summed E-state index contributed by atoms with van der Waals surface area (Å²) in [6, 6.07) is 8.35. The molecule has 0 bridgehead atoms. The maximum absolute atomic E-state index is 6.07. The first-order valence-electron chi connectivity index (χ1n) is 7.09. The molecule has 0 amide bonds. The standard InChI is InChI=1S/C17H22ClNO/c1-5-8-19-17(16-10-12(3)20-13(16)4)15-7-6-14(18)9-11(15)2/h6-7,9-10,17,19H,5,8H2,1-4H3. The minimum Gasteiger partial charge on any atom is -0.466 e.